The minimum atomic E-state index is 0.187. The number of anilines is 2. The van der Waals surface area contributed by atoms with Crippen molar-refractivity contribution in [2.75, 3.05) is 43.9 Å². The topological polar surface area (TPSA) is 76.3 Å². The van der Waals surface area contributed by atoms with Crippen LogP contribution in [0.2, 0.25) is 5.15 Å². The molecule has 0 radical (unpaired) electrons. The largest absolute Gasteiger partial charge is 0.379 e. The summed E-state index contributed by atoms with van der Waals surface area (Å²) in [6, 6.07) is 2.11. The van der Waals surface area contributed by atoms with E-state index in [1.54, 1.807) is 6.07 Å². The van der Waals surface area contributed by atoms with Crippen LogP contribution in [0.5, 0.6) is 0 Å². The first-order chi connectivity index (χ1) is 9.56. The van der Waals surface area contributed by atoms with Gasteiger partial charge in [-0.3, -0.25) is 4.90 Å². The van der Waals surface area contributed by atoms with E-state index in [0.29, 0.717) is 22.9 Å². The summed E-state index contributed by atoms with van der Waals surface area (Å²) in [5.74, 6) is 1.39. The average molecular weight is 300 g/mol. The maximum atomic E-state index is 5.88. The number of aromatic nitrogens is 2. The molecule has 2 rings (SSSR count). The van der Waals surface area contributed by atoms with Gasteiger partial charge in [0.2, 0.25) is 5.95 Å². The molecule has 0 aromatic carbocycles. The third kappa shape index (κ3) is 4.19. The van der Waals surface area contributed by atoms with Gasteiger partial charge in [0.1, 0.15) is 11.0 Å². The van der Waals surface area contributed by atoms with Gasteiger partial charge < -0.3 is 15.8 Å². The third-order valence-corrected chi connectivity index (χ3v) is 3.68. The number of nitrogen functional groups attached to an aromatic ring is 1. The summed E-state index contributed by atoms with van der Waals surface area (Å²) in [5, 5.41) is 3.66. The zero-order chi connectivity index (χ0) is 14.5. The van der Waals surface area contributed by atoms with E-state index >= 15 is 0 Å². The van der Waals surface area contributed by atoms with Crippen molar-refractivity contribution in [2.45, 2.75) is 19.9 Å². The second kappa shape index (κ2) is 7.06. The van der Waals surface area contributed by atoms with E-state index in [9.17, 15) is 0 Å². The van der Waals surface area contributed by atoms with E-state index in [-0.39, 0.29) is 5.95 Å². The molecule has 0 amide bonds. The molecule has 1 fully saturated rings. The van der Waals surface area contributed by atoms with Crippen molar-refractivity contribution in [2.24, 2.45) is 5.92 Å². The molecule has 0 spiro atoms. The molecule has 1 aromatic heterocycles. The second-order valence-corrected chi connectivity index (χ2v) is 5.66. The van der Waals surface area contributed by atoms with Crippen LogP contribution in [0.1, 0.15) is 13.8 Å². The lowest BCUT2D eigenvalue weighted by Crippen LogP contribution is -2.49. The van der Waals surface area contributed by atoms with Gasteiger partial charge in [-0.05, 0) is 5.92 Å². The zero-order valence-electron chi connectivity index (χ0n) is 12.0. The number of nitrogens with zero attached hydrogens (tertiary/aromatic N) is 3. The van der Waals surface area contributed by atoms with Crippen LogP contribution in [0.25, 0.3) is 0 Å². The monoisotopic (exact) mass is 299 g/mol. The molecule has 7 heteroatoms. The molecule has 112 valence electrons. The van der Waals surface area contributed by atoms with E-state index in [1.165, 1.54) is 0 Å². The van der Waals surface area contributed by atoms with Crippen LogP contribution in [0.4, 0.5) is 11.8 Å². The molecule has 0 bridgehead atoms. The van der Waals surface area contributed by atoms with Crippen molar-refractivity contribution in [1.82, 2.24) is 14.9 Å². The first-order valence-electron chi connectivity index (χ1n) is 6.92. The SMILES string of the molecule is CC(C)C(CNc1cc(Cl)nc(N)n1)N1CCOCC1. The highest BCUT2D eigenvalue weighted by Crippen LogP contribution is 2.16. The Morgan fingerprint density at radius 2 is 2.10 bits per heavy atom. The Balaban J connectivity index is 1.97. The maximum Gasteiger partial charge on any atom is 0.223 e. The Kier molecular flexibility index (Phi) is 5.39. The number of morpholine rings is 1. The Morgan fingerprint density at radius 1 is 1.40 bits per heavy atom. The van der Waals surface area contributed by atoms with Gasteiger partial charge in [0.05, 0.1) is 13.2 Å². The highest BCUT2D eigenvalue weighted by molar-refractivity contribution is 6.29. The fraction of sp³-hybridized carbons (Fsp3) is 0.692. The van der Waals surface area contributed by atoms with Gasteiger partial charge in [-0.25, -0.2) is 4.98 Å². The summed E-state index contributed by atoms with van der Waals surface area (Å²) in [5.41, 5.74) is 5.59. The van der Waals surface area contributed by atoms with Crippen LogP contribution in [-0.4, -0.2) is 53.8 Å². The summed E-state index contributed by atoms with van der Waals surface area (Å²) in [4.78, 5) is 10.4. The van der Waals surface area contributed by atoms with Gasteiger partial charge in [0.15, 0.2) is 0 Å². The highest BCUT2D eigenvalue weighted by atomic mass is 35.5. The number of halogens is 1. The average Bonchev–Trinajstić information content (AvgIpc) is 2.38. The van der Waals surface area contributed by atoms with Crippen molar-refractivity contribution >= 4 is 23.4 Å². The molecule has 1 aliphatic heterocycles. The van der Waals surface area contributed by atoms with E-state index in [2.05, 4.69) is 34.0 Å². The minimum Gasteiger partial charge on any atom is -0.379 e. The summed E-state index contributed by atoms with van der Waals surface area (Å²) in [7, 11) is 0. The van der Waals surface area contributed by atoms with Crippen molar-refractivity contribution in [3.63, 3.8) is 0 Å². The maximum absolute atomic E-state index is 5.88. The second-order valence-electron chi connectivity index (χ2n) is 5.27. The lowest BCUT2D eigenvalue weighted by Gasteiger charge is -2.37. The Hall–Kier alpha value is -1.11. The van der Waals surface area contributed by atoms with Crippen LogP contribution >= 0.6 is 11.6 Å². The zero-order valence-corrected chi connectivity index (χ0v) is 12.7. The number of rotatable bonds is 5. The number of hydrogen-bond donors (Lipinski definition) is 2. The van der Waals surface area contributed by atoms with Gasteiger partial charge in [0.25, 0.3) is 0 Å². The molecule has 1 unspecified atom stereocenters. The van der Waals surface area contributed by atoms with Crippen molar-refractivity contribution in [3.05, 3.63) is 11.2 Å². The molecule has 0 saturated carbocycles. The number of ether oxygens (including phenoxy) is 1. The molecule has 1 aromatic rings. The molecular weight excluding hydrogens is 278 g/mol. The fourth-order valence-corrected chi connectivity index (χ4v) is 2.62. The molecule has 1 aliphatic rings. The summed E-state index contributed by atoms with van der Waals surface area (Å²) in [6.45, 7) is 8.79. The lowest BCUT2D eigenvalue weighted by atomic mass is 10.0. The van der Waals surface area contributed by atoms with E-state index in [4.69, 9.17) is 22.1 Å². The number of nitrogens with two attached hydrogens (primary N) is 1. The molecular formula is C13H22ClN5O. The van der Waals surface area contributed by atoms with Gasteiger partial charge in [-0.15, -0.1) is 0 Å². The standard InChI is InChI=1S/C13H22ClN5O/c1-9(2)10(19-3-5-20-6-4-19)8-16-12-7-11(14)17-13(15)18-12/h7,9-10H,3-6,8H2,1-2H3,(H3,15,16,17,18). The number of nitrogens with one attached hydrogen (secondary N) is 1. The van der Waals surface area contributed by atoms with Gasteiger partial charge in [-0.1, -0.05) is 25.4 Å². The summed E-state index contributed by atoms with van der Waals surface area (Å²) >= 11 is 5.88. The Labute approximate surface area is 124 Å². The molecule has 1 saturated heterocycles. The molecule has 1 atom stereocenters. The molecule has 6 nitrogen and oxygen atoms in total. The predicted molar refractivity (Wildman–Crippen MR) is 81.0 cm³/mol. The fourth-order valence-electron chi connectivity index (χ4n) is 2.43. The molecule has 20 heavy (non-hydrogen) atoms. The van der Waals surface area contributed by atoms with Gasteiger partial charge in [0, 0.05) is 31.7 Å². The smallest absolute Gasteiger partial charge is 0.223 e. The molecule has 2 heterocycles. The van der Waals surface area contributed by atoms with Gasteiger partial charge in [-0.2, -0.15) is 4.98 Å². The predicted octanol–water partition coefficient (Wildman–Crippen LogP) is 1.48. The number of hydrogen-bond acceptors (Lipinski definition) is 6. The van der Waals surface area contributed by atoms with Crippen LogP contribution in [0.15, 0.2) is 6.07 Å². The Morgan fingerprint density at radius 3 is 2.70 bits per heavy atom. The molecule has 3 N–H and O–H groups in total. The Bertz CT molecular complexity index is 417. The third-order valence-electron chi connectivity index (χ3n) is 3.49. The van der Waals surface area contributed by atoms with Crippen molar-refractivity contribution in [1.29, 1.82) is 0 Å². The minimum absolute atomic E-state index is 0.187. The highest BCUT2D eigenvalue weighted by Gasteiger charge is 2.23. The van der Waals surface area contributed by atoms with Gasteiger partial charge >= 0.3 is 0 Å². The van der Waals surface area contributed by atoms with E-state index in [0.717, 1.165) is 32.8 Å². The first kappa shape index (κ1) is 15.3. The first-order valence-corrected chi connectivity index (χ1v) is 7.30. The van der Waals surface area contributed by atoms with Crippen molar-refractivity contribution in [3.8, 4) is 0 Å². The van der Waals surface area contributed by atoms with Crippen LogP contribution in [0, 0.1) is 5.92 Å². The van der Waals surface area contributed by atoms with Crippen LogP contribution < -0.4 is 11.1 Å². The van der Waals surface area contributed by atoms with Crippen molar-refractivity contribution < 1.29 is 4.74 Å². The lowest BCUT2D eigenvalue weighted by molar-refractivity contribution is 0.00953. The quantitative estimate of drug-likeness (QED) is 0.802. The van der Waals surface area contributed by atoms with E-state index in [1.807, 2.05) is 0 Å². The summed E-state index contributed by atoms with van der Waals surface area (Å²) in [6.07, 6.45) is 0. The van der Waals surface area contributed by atoms with E-state index < -0.39 is 0 Å². The van der Waals surface area contributed by atoms with Crippen LogP contribution in [-0.2, 0) is 4.74 Å². The van der Waals surface area contributed by atoms with Crippen LogP contribution in [0.3, 0.4) is 0 Å². The molecule has 0 aliphatic carbocycles. The summed E-state index contributed by atoms with van der Waals surface area (Å²) < 4.78 is 5.41. The normalized spacial score (nSPS) is 18.2.